The number of para-hydroxylation sites is 1. The van der Waals surface area contributed by atoms with Gasteiger partial charge < -0.3 is 10.2 Å². The highest BCUT2D eigenvalue weighted by atomic mass is 32.2. The number of nitrogens with one attached hydrogen (secondary N) is 1. The number of fused-ring (bicyclic) bond motifs is 3. The van der Waals surface area contributed by atoms with E-state index < -0.39 is 4.87 Å². The molecular formula is C20H19N3O3S2. The van der Waals surface area contributed by atoms with Crippen LogP contribution in [0.1, 0.15) is 12.8 Å². The van der Waals surface area contributed by atoms with Gasteiger partial charge in [-0.3, -0.25) is 19.3 Å². The van der Waals surface area contributed by atoms with Crippen LogP contribution in [0.2, 0.25) is 0 Å². The second-order valence-electron chi connectivity index (χ2n) is 6.82. The Bertz CT molecular complexity index is 961. The zero-order chi connectivity index (χ0) is 19.9. The highest BCUT2D eigenvalue weighted by molar-refractivity contribution is 8.13. The van der Waals surface area contributed by atoms with E-state index in [-0.39, 0.29) is 17.1 Å². The van der Waals surface area contributed by atoms with Crippen LogP contribution < -0.4 is 10.2 Å². The Morgan fingerprint density at radius 3 is 2.57 bits per heavy atom. The number of nitrogens with zero attached hydrogens (tertiary/aromatic N) is 2. The third-order valence-corrected chi connectivity index (χ3v) is 7.23. The van der Waals surface area contributed by atoms with Gasteiger partial charge in [-0.25, -0.2) is 0 Å². The standard InChI is InChI=1S/C20H19N3O3S2/c1-22(2)19(26)27-14-9-7-13(8-10-14)21-18(25)20-12-11-17(24)23(20)15-5-3-4-6-16(15)28-20/h3-10H,11-12H2,1-2H3,(H,21,25). The minimum atomic E-state index is -0.935. The molecule has 0 saturated carbocycles. The summed E-state index contributed by atoms with van der Waals surface area (Å²) in [4.78, 5) is 41.4. The predicted molar refractivity (Wildman–Crippen MR) is 112 cm³/mol. The summed E-state index contributed by atoms with van der Waals surface area (Å²) in [5.41, 5.74) is 1.44. The Labute approximate surface area is 171 Å². The van der Waals surface area contributed by atoms with E-state index in [0.29, 0.717) is 18.5 Å². The molecular weight excluding hydrogens is 394 g/mol. The van der Waals surface area contributed by atoms with E-state index in [2.05, 4.69) is 5.32 Å². The molecule has 8 heteroatoms. The number of benzene rings is 2. The first-order valence-electron chi connectivity index (χ1n) is 8.82. The lowest BCUT2D eigenvalue weighted by Crippen LogP contribution is -2.49. The van der Waals surface area contributed by atoms with E-state index in [1.54, 1.807) is 43.3 Å². The maximum absolute atomic E-state index is 13.2. The van der Waals surface area contributed by atoms with Crippen molar-refractivity contribution in [1.82, 2.24) is 4.90 Å². The van der Waals surface area contributed by atoms with E-state index >= 15 is 0 Å². The van der Waals surface area contributed by atoms with Gasteiger partial charge in [-0.2, -0.15) is 0 Å². The Morgan fingerprint density at radius 2 is 1.86 bits per heavy atom. The highest BCUT2D eigenvalue weighted by Crippen LogP contribution is 2.56. The van der Waals surface area contributed by atoms with Crippen molar-refractivity contribution in [2.45, 2.75) is 27.5 Å². The van der Waals surface area contributed by atoms with Crippen molar-refractivity contribution >= 4 is 52.0 Å². The number of hydrogen-bond donors (Lipinski definition) is 1. The maximum Gasteiger partial charge on any atom is 0.285 e. The van der Waals surface area contributed by atoms with Crippen molar-refractivity contribution in [3.8, 4) is 0 Å². The van der Waals surface area contributed by atoms with Crippen LogP contribution >= 0.6 is 23.5 Å². The molecule has 0 radical (unpaired) electrons. The Kier molecular flexibility index (Phi) is 4.84. The molecule has 1 unspecified atom stereocenters. The Morgan fingerprint density at radius 1 is 1.14 bits per heavy atom. The molecule has 0 aromatic heterocycles. The van der Waals surface area contributed by atoms with Crippen LogP contribution in [0.4, 0.5) is 16.2 Å². The van der Waals surface area contributed by atoms with Crippen molar-refractivity contribution in [3.05, 3.63) is 48.5 Å². The SMILES string of the molecule is CN(C)C(=O)Sc1ccc(NC(=O)C23CCC(=O)N2c2ccccc2S3)cc1. The number of amides is 3. The molecule has 1 N–H and O–H groups in total. The van der Waals surface area contributed by atoms with Crippen molar-refractivity contribution in [2.24, 2.45) is 0 Å². The van der Waals surface area contributed by atoms with Crippen LogP contribution in [-0.4, -0.2) is 40.9 Å². The number of rotatable bonds is 3. The summed E-state index contributed by atoms with van der Waals surface area (Å²) in [6.45, 7) is 0. The predicted octanol–water partition coefficient (Wildman–Crippen LogP) is 4.03. The molecule has 1 atom stereocenters. The molecule has 2 aromatic rings. The summed E-state index contributed by atoms with van der Waals surface area (Å²) in [5.74, 6) is -0.231. The van der Waals surface area contributed by atoms with Crippen molar-refractivity contribution in [1.29, 1.82) is 0 Å². The lowest BCUT2D eigenvalue weighted by Gasteiger charge is -2.29. The first-order chi connectivity index (χ1) is 13.4. The maximum atomic E-state index is 13.2. The van der Waals surface area contributed by atoms with E-state index in [9.17, 15) is 14.4 Å². The molecule has 0 spiro atoms. The molecule has 144 valence electrons. The number of thioether (sulfide) groups is 2. The monoisotopic (exact) mass is 413 g/mol. The lowest BCUT2D eigenvalue weighted by atomic mass is 10.1. The third kappa shape index (κ3) is 3.16. The normalized spacial score (nSPS) is 19.9. The molecule has 3 amide bonds. The molecule has 0 aliphatic carbocycles. The summed E-state index contributed by atoms with van der Waals surface area (Å²) in [6, 6.07) is 14.8. The van der Waals surface area contributed by atoms with Gasteiger partial charge in [-0.15, -0.1) is 0 Å². The zero-order valence-electron chi connectivity index (χ0n) is 15.5. The van der Waals surface area contributed by atoms with Gasteiger partial charge in [0.05, 0.1) is 5.69 Å². The van der Waals surface area contributed by atoms with Gasteiger partial charge in [-0.05, 0) is 54.6 Å². The number of anilines is 2. The van der Waals surface area contributed by atoms with Gasteiger partial charge in [0.15, 0.2) is 4.87 Å². The molecule has 28 heavy (non-hydrogen) atoms. The minimum absolute atomic E-state index is 0.0263. The zero-order valence-corrected chi connectivity index (χ0v) is 17.1. The molecule has 1 saturated heterocycles. The van der Waals surface area contributed by atoms with Crippen LogP contribution in [0, 0.1) is 0 Å². The number of hydrogen-bond acceptors (Lipinski definition) is 5. The summed E-state index contributed by atoms with van der Waals surface area (Å²) in [6.07, 6.45) is 0.833. The Hall–Kier alpha value is -2.45. The summed E-state index contributed by atoms with van der Waals surface area (Å²) in [5, 5.41) is 2.89. The lowest BCUT2D eigenvalue weighted by molar-refractivity contribution is -0.121. The fourth-order valence-electron chi connectivity index (χ4n) is 3.33. The summed E-state index contributed by atoms with van der Waals surface area (Å²) >= 11 is 2.57. The van der Waals surface area contributed by atoms with Gasteiger partial charge in [0.2, 0.25) is 5.91 Å². The molecule has 2 aliphatic heterocycles. The first-order valence-corrected chi connectivity index (χ1v) is 10.5. The smallest absolute Gasteiger partial charge is 0.285 e. The second-order valence-corrected chi connectivity index (χ2v) is 9.17. The highest BCUT2D eigenvalue weighted by Gasteiger charge is 2.57. The van der Waals surface area contributed by atoms with Gasteiger partial charge in [0.1, 0.15) is 0 Å². The topological polar surface area (TPSA) is 69.7 Å². The second kappa shape index (κ2) is 7.18. The van der Waals surface area contributed by atoms with Crippen LogP contribution in [0.3, 0.4) is 0 Å². The van der Waals surface area contributed by atoms with Crippen LogP contribution in [0.5, 0.6) is 0 Å². The van der Waals surface area contributed by atoms with Crippen molar-refractivity contribution in [3.63, 3.8) is 0 Å². The molecule has 0 bridgehead atoms. The van der Waals surface area contributed by atoms with E-state index in [4.69, 9.17) is 0 Å². The number of carbonyl (C=O) groups is 3. The minimum Gasteiger partial charge on any atom is -0.339 e. The molecule has 4 rings (SSSR count). The average Bonchev–Trinajstić information content (AvgIpc) is 3.19. The van der Waals surface area contributed by atoms with Gasteiger partial charge in [0.25, 0.3) is 11.1 Å². The molecule has 1 fully saturated rings. The number of carbonyl (C=O) groups excluding carboxylic acids is 3. The largest absolute Gasteiger partial charge is 0.339 e. The van der Waals surface area contributed by atoms with Crippen LogP contribution in [0.25, 0.3) is 0 Å². The fourth-order valence-corrected chi connectivity index (χ4v) is 5.40. The fraction of sp³-hybridized carbons (Fsp3) is 0.250. The van der Waals surface area contributed by atoms with E-state index in [1.165, 1.54) is 16.7 Å². The summed E-state index contributed by atoms with van der Waals surface area (Å²) in [7, 11) is 3.41. The van der Waals surface area contributed by atoms with E-state index in [0.717, 1.165) is 27.2 Å². The van der Waals surface area contributed by atoms with Crippen molar-refractivity contribution < 1.29 is 14.4 Å². The summed E-state index contributed by atoms with van der Waals surface area (Å²) < 4.78 is 0. The quantitative estimate of drug-likeness (QED) is 0.770. The van der Waals surface area contributed by atoms with Gasteiger partial charge in [-0.1, -0.05) is 23.9 Å². The molecule has 2 aromatic carbocycles. The van der Waals surface area contributed by atoms with Crippen LogP contribution in [-0.2, 0) is 9.59 Å². The van der Waals surface area contributed by atoms with Crippen LogP contribution in [0.15, 0.2) is 58.3 Å². The van der Waals surface area contributed by atoms with Crippen molar-refractivity contribution in [2.75, 3.05) is 24.3 Å². The van der Waals surface area contributed by atoms with Gasteiger partial charge in [0, 0.05) is 36.0 Å². The third-order valence-electron chi connectivity index (χ3n) is 4.71. The molecule has 6 nitrogen and oxygen atoms in total. The average molecular weight is 414 g/mol. The molecule has 2 heterocycles. The van der Waals surface area contributed by atoms with Gasteiger partial charge >= 0.3 is 0 Å². The molecule has 2 aliphatic rings. The Balaban J connectivity index is 1.52. The van der Waals surface area contributed by atoms with E-state index in [1.807, 2.05) is 24.3 Å². The first kappa shape index (κ1) is 18.9.